The van der Waals surface area contributed by atoms with E-state index in [4.69, 9.17) is 5.11 Å². The maximum atomic E-state index is 12.2. The molecule has 1 atom stereocenters. The zero-order valence-electron chi connectivity index (χ0n) is 14.7. The van der Waals surface area contributed by atoms with Gasteiger partial charge in [-0.2, -0.15) is 0 Å². The van der Waals surface area contributed by atoms with Gasteiger partial charge >= 0.3 is 5.97 Å². The molecule has 1 N–H and O–H groups in total. The number of aliphatic carboxylic acids is 1. The zero-order chi connectivity index (χ0) is 19.5. The molecular formula is C17H22N2O6S. The zero-order valence-corrected chi connectivity index (χ0v) is 15.5. The van der Waals surface area contributed by atoms with Crippen LogP contribution in [0.5, 0.6) is 0 Å². The summed E-state index contributed by atoms with van der Waals surface area (Å²) >= 11 is 0. The van der Waals surface area contributed by atoms with Crippen LogP contribution in [0.15, 0.2) is 24.3 Å². The number of fused-ring (bicyclic) bond motifs is 1. The van der Waals surface area contributed by atoms with Crippen LogP contribution in [0.3, 0.4) is 0 Å². The Morgan fingerprint density at radius 3 is 2.19 bits per heavy atom. The maximum absolute atomic E-state index is 12.2. The van der Waals surface area contributed by atoms with Crippen molar-refractivity contribution < 1.29 is 27.9 Å². The van der Waals surface area contributed by atoms with Gasteiger partial charge in [0, 0.05) is 20.1 Å². The molecule has 0 spiro atoms. The highest BCUT2D eigenvalue weighted by molar-refractivity contribution is 7.89. The summed E-state index contributed by atoms with van der Waals surface area (Å²) in [5.41, 5.74) is 0.736. The average molecular weight is 382 g/mol. The van der Waals surface area contributed by atoms with Gasteiger partial charge < -0.3 is 5.11 Å². The van der Waals surface area contributed by atoms with Crippen LogP contribution in [-0.2, 0) is 14.8 Å². The lowest BCUT2D eigenvalue weighted by molar-refractivity contribution is -0.141. The second kappa shape index (κ2) is 7.96. The topological polar surface area (TPSA) is 112 Å². The molecule has 2 amide bonds. The monoisotopic (exact) mass is 382 g/mol. The molecule has 1 unspecified atom stereocenters. The third kappa shape index (κ3) is 4.28. The number of carboxylic acids is 1. The Morgan fingerprint density at radius 1 is 1.15 bits per heavy atom. The van der Waals surface area contributed by atoms with Crippen LogP contribution in [0.25, 0.3) is 0 Å². The normalized spacial score (nSPS) is 15.4. The maximum Gasteiger partial charge on any atom is 0.307 e. The molecule has 9 heteroatoms. The molecule has 0 aliphatic carbocycles. The molecule has 0 fully saturated rings. The lowest BCUT2D eigenvalue weighted by Crippen LogP contribution is -2.35. The third-order valence-electron chi connectivity index (χ3n) is 4.34. The first-order valence-electron chi connectivity index (χ1n) is 8.27. The number of amides is 2. The van der Waals surface area contributed by atoms with E-state index in [-0.39, 0.29) is 37.1 Å². The molecule has 26 heavy (non-hydrogen) atoms. The predicted molar refractivity (Wildman–Crippen MR) is 94.3 cm³/mol. The lowest BCUT2D eigenvalue weighted by atomic mass is 10.1. The number of carbonyl (C=O) groups excluding carboxylic acids is 2. The minimum absolute atomic E-state index is 0.101. The molecule has 0 aromatic heterocycles. The number of carboxylic acid groups (broad SMARTS) is 1. The molecule has 8 nitrogen and oxygen atoms in total. The Balaban J connectivity index is 1.84. The molecular weight excluding hydrogens is 360 g/mol. The van der Waals surface area contributed by atoms with Crippen molar-refractivity contribution in [3.8, 4) is 0 Å². The standard InChI is InChI=1S/C17H22N2O6S/c1-12(17(22)23)11-18(2)26(24,25)10-6-5-9-19-15(20)13-7-3-4-8-14(13)16(19)21/h3-4,7-8,12H,5-6,9-11H2,1-2H3,(H,22,23). The van der Waals surface area contributed by atoms with Crippen LogP contribution in [0, 0.1) is 5.92 Å². The number of rotatable bonds is 9. The Hall–Kier alpha value is -2.26. The van der Waals surface area contributed by atoms with Crippen molar-refractivity contribution in [1.29, 1.82) is 0 Å². The van der Waals surface area contributed by atoms with E-state index in [1.165, 1.54) is 14.0 Å². The summed E-state index contributed by atoms with van der Waals surface area (Å²) in [5.74, 6) is -2.74. The Kier molecular flexibility index (Phi) is 6.14. The van der Waals surface area contributed by atoms with Gasteiger partial charge in [0.15, 0.2) is 0 Å². The Bertz CT molecular complexity index is 785. The first-order chi connectivity index (χ1) is 12.1. The number of nitrogens with zero attached hydrogens (tertiary/aromatic N) is 2. The minimum Gasteiger partial charge on any atom is -0.481 e. The molecule has 2 rings (SSSR count). The molecule has 1 aromatic carbocycles. The second-order valence-electron chi connectivity index (χ2n) is 6.35. The Morgan fingerprint density at radius 2 is 1.69 bits per heavy atom. The van der Waals surface area contributed by atoms with Crippen LogP contribution < -0.4 is 0 Å². The van der Waals surface area contributed by atoms with Crippen LogP contribution in [0.4, 0.5) is 0 Å². The fourth-order valence-corrected chi connectivity index (χ4v) is 4.06. The van der Waals surface area contributed by atoms with Crippen molar-refractivity contribution in [2.45, 2.75) is 19.8 Å². The quantitative estimate of drug-likeness (QED) is 0.505. The smallest absolute Gasteiger partial charge is 0.307 e. The molecule has 1 heterocycles. The van der Waals surface area contributed by atoms with Gasteiger partial charge in [-0.05, 0) is 25.0 Å². The number of carbonyl (C=O) groups is 3. The van der Waals surface area contributed by atoms with E-state index < -0.39 is 21.9 Å². The van der Waals surface area contributed by atoms with Gasteiger partial charge in [-0.1, -0.05) is 19.1 Å². The largest absolute Gasteiger partial charge is 0.481 e. The first kappa shape index (κ1) is 20.1. The van der Waals surface area contributed by atoms with E-state index in [2.05, 4.69) is 0 Å². The van der Waals surface area contributed by atoms with Gasteiger partial charge in [0.05, 0.1) is 22.8 Å². The van der Waals surface area contributed by atoms with Gasteiger partial charge in [-0.15, -0.1) is 0 Å². The third-order valence-corrected chi connectivity index (χ3v) is 6.24. The van der Waals surface area contributed by atoms with E-state index in [1.807, 2.05) is 0 Å². The van der Waals surface area contributed by atoms with E-state index in [9.17, 15) is 22.8 Å². The van der Waals surface area contributed by atoms with Gasteiger partial charge in [0.1, 0.15) is 0 Å². The fraction of sp³-hybridized carbons (Fsp3) is 0.471. The molecule has 0 saturated heterocycles. The van der Waals surface area contributed by atoms with Crippen molar-refractivity contribution in [3.05, 3.63) is 35.4 Å². The number of hydrogen-bond acceptors (Lipinski definition) is 5. The summed E-state index contributed by atoms with van der Waals surface area (Å²) in [5, 5.41) is 8.87. The molecule has 142 valence electrons. The highest BCUT2D eigenvalue weighted by atomic mass is 32.2. The number of unbranched alkanes of at least 4 members (excludes halogenated alkanes) is 1. The first-order valence-corrected chi connectivity index (χ1v) is 9.88. The summed E-state index contributed by atoms with van der Waals surface area (Å²) < 4.78 is 25.4. The summed E-state index contributed by atoms with van der Waals surface area (Å²) in [7, 11) is -2.24. The van der Waals surface area contributed by atoms with Gasteiger partial charge in [-0.25, -0.2) is 12.7 Å². The highest BCUT2D eigenvalue weighted by Crippen LogP contribution is 2.22. The van der Waals surface area contributed by atoms with Crippen LogP contribution in [-0.4, -0.2) is 66.4 Å². The lowest BCUT2D eigenvalue weighted by Gasteiger charge is -2.19. The van der Waals surface area contributed by atoms with Gasteiger partial charge in [0.25, 0.3) is 11.8 Å². The van der Waals surface area contributed by atoms with Crippen LogP contribution in [0.1, 0.15) is 40.5 Å². The molecule has 1 aromatic rings. The Labute approximate surface area is 152 Å². The predicted octanol–water partition coefficient (Wildman–Crippen LogP) is 1.05. The molecule has 0 bridgehead atoms. The number of imide groups is 1. The van der Waals surface area contributed by atoms with E-state index in [1.54, 1.807) is 24.3 Å². The van der Waals surface area contributed by atoms with E-state index in [0.717, 1.165) is 9.21 Å². The summed E-state index contributed by atoms with van der Waals surface area (Å²) in [6.45, 7) is 1.49. The SMILES string of the molecule is CC(CN(C)S(=O)(=O)CCCCN1C(=O)c2ccccc2C1=O)C(=O)O. The minimum atomic E-state index is -3.58. The van der Waals surface area contributed by atoms with Crippen molar-refractivity contribution in [2.24, 2.45) is 5.92 Å². The number of benzene rings is 1. The number of sulfonamides is 1. The summed E-state index contributed by atoms with van der Waals surface area (Å²) in [6.07, 6.45) is 0.620. The van der Waals surface area contributed by atoms with E-state index >= 15 is 0 Å². The molecule has 0 radical (unpaired) electrons. The fourth-order valence-electron chi connectivity index (χ4n) is 2.73. The molecule has 0 saturated carbocycles. The van der Waals surface area contributed by atoms with Crippen molar-refractivity contribution >= 4 is 27.8 Å². The van der Waals surface area contributed by atoms with Crippen LogP contribution >= 0.6 is 0 Å². The molecule has 1 aliphatic heterocycles. The van der Waals surface area contributed by atoms with Crippen molar-refractivity contribution in [3.63, 3.8) is 0 Å². The summed E-state index contributed by atoms with van der Waals surface area (Å²) in [6, 6.07) is 6.57. The van der Waals surface area contributed by atoms with Gasteiger partial charge in [0.2, 0.25) is 10.0 Å². The van der Waals surface area contributed by atoms with E-state index in [0.29, 0.717) is 17.5 Å². The highest BCUT2D eigenvalue weighted by Gasteiger charge is 2.34. The summed E-state index contributed by atoms with van der Waals surface area (Å²) in [4.78, 5) is 36.4. The van der Waals surface area contributed by atoms with Gasteiger partial charge in [-0.3, -0.25) is 19.3 Å². The molecule has 1 aliphatic rings. The van der Waals surface area contributed by atoms with Crippen molar-refractivity contribution in [1.82, 2.24) is 9.21 Å². The number of hydrogen-bond donors (Lipinski definition) is 1. The van der Waals surface area contributed by atoms with Crippen molar-refractivity contribution in [2.75, 3.05) is 25.9 Å². The van der Waals surface area contributed by atoms with Crippen LogP contribution in [0.2, 0.25) is 0 Å². The average Bonchev–Trinajstić information content (AvgIpc) is 2.83. The second-order valence-corrected chi connectivity index (χ2v) is 8.55.